The highest BCUT2D eigenvalue weighted by Crippen LogP contribution is 2.30. The lowest BCUT2D eigenvalue weighted by Crippen LogP contribution is -1.86. The van der Waals surface area contributed by atoms with Crippen molar-refractivity contribution in [1.82, 2.24) is 9.38 Å². The molecule has 2 nitrogen and oxygen atoms in total. The minimum Gasteiger partial charge on any atom is -0.306 e. The van der Waals surface area contributed by atoms with Crippen molar-refractivity contribution < 1.29 is 0 Å². The number of aromatic nitrogens is 2. The maximum Gasteiger partial charge on any atom is 0.0992 e. The van der Waals surface area contributed by atoms with Crippen LogP contribution in [0.4, 0.5) is 0 Å². The summed E-state index contributed by atoms with van der Waals surface area (Å²) in [4.78, 5) is 4.14. The summed E-state index contributed by atoms with van der Waals surface area (Å²) in [6, 6.07) is 11.9. The number of fused-ring (bicyclic) bond motifs is 1. The van der Waals surface area contributed by atoms with Crippen LogP contribution in [0.25, 0.3) is 16.6 Å². The fourth-order valence-electron chi connectivity index (χ4n) is 1.86. The second-order valence-electron chi connectivity index (χ2n) is 3.59. The first-order chi connectivity index (χ1) is 7.86. The van der Waals surface area contributed by atoms with Crippen LogP contribution in [0, 0.1) is 0 Å². The minimum absolute atomic E-state index is 0.761. The smallest absolute Gasteiger partial charge is 0.0992 e. The lowest BCUT2D eigenvalue weighted by molar-refractivity contribution is 1.15. The summed E-state index contributed by atoms with van der Waals surface area (Å²) < 4.78 is 1.98. The fourth-order valence-corrected chi connectivity index (χ4v) is 2.09. The van der Waals surface area contributed by atoms with Gasteiger partial charge in [0.25, 0.3) is 0 Å². The number of halogens is 1. The number of imidazole rings is 1. The molecule has 0 bridgehead atoms. The van der Waals surface area contributed by atoms with Gasteiger partial charge >= 0.3 is 0 Å². The molecule has 0 N–H and O–H groups in total. The first-order valence-electron chi connectivity index (χ1n) is 5.02. The third kappa shape index (κ3) is 1.39. The molecular weight excluding hydrogens is 220 g/mol. The van der Waals surface area contributed by atoms with E-state index in [0.29, 0.717) is 0 Å². The number of rotatable bonds is 1. The molecule has 0 aliphatic heterocycles. The average molecular weight is 229 g/mol. The van der Waals surface area contributed by atoms with Crippen LogP contribution in [0.1, 0.15) is 0 Å². The van der Waals surface area contributed by atoms with Crippen molar-refractivity contribution in [1.29, 1.82) is 0 Å². The first-order valence-corrected chi connectivity index (χ1v) is 5.39. The summed E-state index contributed by atoms with van der Waals surface area (Å²) in [5.74, 6) is 0. The zero-order valence-electron chi connectivity index (χ0n) is 8.47. The second kappa shape index (κ2) is 3.65. The van der Waals surface area contributed by atoms with Gasteiger partial charge in [-0.15, -0.1) is 0 Å². The van der Waals surface area contributed by atoms with Crippen LogP contribution in [0.3, 0.4) is 0 Å². The third-order valence-corrected chi connectivity index (χ3v) is 2.95. The molecule has 0 fully saturated rings. The molecule has 0 saturated carbocycles. The lowest BCUT2D eigenvalue weighted by Gasteiger charge is -2.06. The van der Waals surface area contributed by atoms with E-state index in [9.17, 15) is 0 Å². The van der Waals surface area contributed by atoms with Gasteiger partial charge in [0.1, 0.15) is 0 Å². The predicted octanol–water partition coefficient (Wildman–Crippen LogP) is 3.65. The minimum atomic E-state index is 0.761. The summed E-state index contributed by atoms with van der Waals surface area (Å²) in [5.41, 5.74) is 3.21. The molecule has 0 aliphatic rings. The van der Waals surface area contributed by atoms with Gasteiger partial charge in [0.05, 0.1) is 18.0 Å². The van der Waals surface area contributed by atoms with Crippen LogP contribution in [-0.4, -0.2) is 9.38 Å². The van der Waals surface area contributed by atoms with Gasteiger partial charge in [-0.2, -0.15) is 0 Å². The highest BCUT2D eigenvalue weighted by Gasteiger charge is 2.06. The molecule has 0 amide bonds. The number of hydrogen-bond acceptors (Lipinski definition) is 1. The predicted molar refractivity (Wildman–Crippen MR) is 65.6 cm³/mol. The molecule has 2 heterocycles. The van der Waals surface area contributed by atoms with Gasteiger partial charge in [0.15, 0.2) is 0 Å². The molecule has 0 aliphatic carbocycles. The van der Waals surface area contributed by atoms with Gasteiger partial charge in [-0.25, -0.2) is 4.98 Å². The summed E-state index contributed by atoms with van der Waals surface area (Å²) in [6.45, 7) is 0. The quantitative estimate of drug-likeness (QED) is 0.621. The zero-order chi connectivity index (χ0) is 11.0. The van der Waals surface area contributed by atoms with Crippen LogP contribution in [0.2, 0.25) is 5.02 Å². The number of pyridine rings is 1. The molecule has 3 heteroatoms. The molecule has 0 unspecified atom stereocenters. The van der Waals surface area contributed by atoms with E-state index in [1.807, 2.05) is 47.1 Å². The Bertz CT molecular complexity index is 643. The Morgan fingerprint density at radius 1 is 1.00 bits per heavy atom. The maximum absolute atomic E-state index is 6.20. The van der Waals surface area contributed by atoms with Gasteiger partial charge in [0, 0.05) is 22.3 Å². The van der Waals surface area contributed by atoms with Gasteiger partial charge in [-0.05, 0) is 12.1 Å². The highest BCUT2D eigenvalue weighted by molar-refractivity contribution is 6.33. The van der Waals surface area contributed by atoms with E-state index in [1.54, 1.807) is 6.33 Å². The maximum atomic E-state index is 6.20. The Morgan fingerprint density at radius 2 is 1.81 bits per heavy atom. The van der Waals surface area contributed by atoms with Crippen LogP contribution in [0.5, 0.6) is 0 Å². The molecule has 16 heavy (non-hydrogen) atoms. The van der Waals surface area contributed by atoms with Crippen LogP contribution >= 0.6 is 11.6 Å². The Hall–Kier alpha value is -1.80. The van der Waals surface area contributed by atoms with Crippen molar-refractivity contribution in [3.8, 4) is 11.1 Å². The summed E-state index contributed by atoms with van der Waals surface area (Å²) in [6.07, 6.45) is 5.61. The van der Waals surface area contributed by atoms with Crippen molar-refractivity contribution in [2.24, 2.45) is 0 Å². The molecular formula is C13H9ClN2. The molecule has 3 aromatic rings. The van der Waals surface area contributed by atoms with E-state index >= 15 is 0 Å². The van der Waals surface area contributed by atoms with E-state index < -0.39 is 0 Å². The number of hydrogen-bond donors (Lipinski definition) is 0. The SMILES string of the molecule is Clc1ccccc1-c1cccn2cncc12. The molecule has 0 radical (unpaired) electrons. The fraction of sp³-hybridized carbons (Fsp3) is 0. The van der Waals surface area contributed by atoms with E-state index in [1.165, 1.54) is 0 Å². The summed E-state index contributed by atoms with van der Waals surface area (Å²) in [5, 5.41) is 0.761. The summed E-state index contributed by atoms with van der Waals surface area (Å²) >= 11 is 6.20. The van der Waals surface area contributed by atoms with Gasteiger partial charge in [-0.3, -0.25) is 0 Å². The van der Waals surface area contributed by atoms with Gasteiger partial charge in [0.2, 0.25) is 0 Å². The standard InChI is InChI=1S/C13H9ClN2/c14-12-6-2-1-4-10(12)11-5-3-7-16-9-15-8-13(11)16/h1-9H. The van der Waals surface area contributed by atoms with E-state index in [4.69, 9.17) is 11.6 Å². The van der Waals surface area contributed by atoms with Crippen molar-refractivity contribution in [3.05, 3.63) is 60.1 Å². The first kappa shape index (κ1) is 9.43. The Labute approximate surface area is 98.1 Å². The zero-order valence-corrected chi connectivity index (χ0v) is 9.22. The molecule has 2 aromatic heterocycles. The van der Waals surface area contributed by atoms with Crippen LogP contribution in [-0.2, 0) is 0 Å². The molecule has 78 valence electrons. The molecule has 1 aromatic carbocycles. The Morgan fingerprint density at radius 3 is 2.69 bits per heavy atom. The Kier molecular flexibility index (Phi) is 2.15. The van der Waals surface area contributed by atoms with E-state index in [2.05, 4.69) is 11.1 Å². The molecule has 0 spiro atoms. The van der Waals surface area contributed by atoms with Crippen molar-refractivity contribution in [2.45, 2.75) is 0 Å². The van der Waals surface area contributed by atoms with Crippen LogP contribution < -0.4 is 0 Å². The van der Waals surface area contributed by atoms with Gasteiger partial charge in [-0.1, -0.05) is 35.9 Å². The van der Waals surface area contributed by atoms with E-state index in [0.717, 1.165) is 21.7 Å². The topological polar surface area (TPSA) is 17.3 Å². The molecule has 0 atom stereocenters. The average Bonchev–Trinajstić information content (AvgIpc) is 2.77. The van der Waals surface area contributed by atoms with Crippen molar-refractivity contribution in [3.63, 3.8) is 0 Å². The van der Waals surface area contributed by atoms with Gasteiger partial charge < -0.3 is 4.40 Å². The normalized spacial score (nSPS) is 10.8. The largest absolute Gasteiger partial charge is 0.306 e. The second-order valence-corrected chi connectivity index (χ2v) is 4.00. The number of nitrogens with zero attached hydrogens (tertiary/aromatic N) is 2. The monoisotopic (exact) mass is 228 g/mol. The highest BCUT2D eigenvalue weighted by atomic mass is 35.5. The molecule has 3 rings (SSSR count). The number of benzene rings is 1. The lowest BCUT2D eigenvalue weighted by atomic mass is 10.1. The molecule has 0 saturated heterocycles. The van der Waals surface area contributed by atoms with E-state index in [-0.39, 0.29) is 0 Å². The van der Waals surface area contributed by atoms with Crippen LogP contribution in [0.15, 0.2) is 55.1 Å². The summed E-state index contributed by atoms with van der Waals surface area (Å²) in [7, 11) is 0. The Balaban J connectivity index is 2.34. The third-order valence-electron chi connectivity index (χ3n) is 2.62. The van der Waals surface area contributed by atoms with Crippen molar-refractivity contribution >= 4 is 17.1 Å². The van der Waals surface area contributed by atoms with Crippen molar-refractivity contribution in [2.75, 3.05) is 0 Å².